The fourth-order valence-electron chi connectivity index (χ4n) is 4.16. The number of hydroxylamine groups is 2. The number of fused-ring (bicyclic) bond motifs is 1. The van der Waals surface area contributed by atoms with E-state index in [9.17, 15) is 31.1 Å². The zero-order valence-electron chi connectivity index (χ0n) is 20.0. The largest absolute Gasteiger partial charge is 0.490 e. The molecule has 0 spiro atoms. The first kappa shape index (κ1) is 31.2. The summed E-state index contributed by atoms with van der Waals surface area (Å²) in [6, 6.07) is 6.02. The molecule has 3 saturated heterocycles. The Kier molecular flexibility index (Phi) is 11.3. The van der Waals surface area contributed by atoms with Crippen LogP contribution in [0.3, 0.4) is 0 Å². The number of carboxylic acids is 2. The number of carbonyl (C=O) groups excluding carboxylic acids is 1. The number of aromatic nitrogens is 1. The average molecular weight is 559 g/mol. The minimum Gasteiger partial charge on any atom is -0.475 e. The van der Waals surface area contributed by atoms with Gasteiger partial charge in [0.2, 0.25) is 5.91 Å². The van der Waals surface area contributed by atoms with Crippen molar-refractivity contribution in [2.45, 2.75) is 44.3 Å². The molecule has 38 heavy (non-hydrogen) atoms. The number of pyridine rings is 1. The smallest absolute Gasteiger partial charge is 0.475 e. The molecular formula is C22H27F6N3O7. The summed E-state index contributed by atoms with van der Waals surface area (Å²) < 4.78 is 69.4. The second-order valence-corrected chi connectivity index (χ2v) is 8.55. The zero-order valence-corrected chi connectivity index (χ0v) is 20.0. The van der Waals surface area contributed by atoms with Crippen LogP contribution in [0.1, 0.15) is 25.0 Å². The molecule has 0 aromatic carbocycles. The molecule has 4 heterocycles. The molecule has 0 bridgehead atoms. The number of aliphatic carboxylic acids is 2. The van der Waals surface area contributed by atoms with Gasteiger partial charge in [0.25, 0.3) is 0 Å². The molecule has 214 valence electrons. The number of alkyl halides is 6. The molecular weight excluding hydrogens is 532 g/mol. The Labute approximate surface area is 213 Å². The van der Waals surface area contributed by atoms with Crippen molar-refractivity contribution >= 4 is 17.8 Å². The molecule has 1 aromatic heterocycles. The summed E-state index contributed by atoms with van der Waals surface area (Å²) in [4.78, 5) is 42.9. The van der Waals surface area contributed by atoms with E-state index in [1.54, 1.807) is 5.06 Å². The van der Waals surface area contributed by atoms with Gasteiger partial charge in [0.1, 0.15) is 0 Å². The number of piperidine rings is 1. The van der Waals surface area contributed by atoms with Crippen LogP contribution >= 0.6 is 0 Å². The van der Waals surface area contributed by atoms with Crippen molar-refractivity contribution in [3.05, 3.63) is 30.1 Å². The minimum absolute atomic E-state index is 0.0217. The molecule has 10 nitrogen and oxygen atoms in total. The third kappa shape index (κ3) is 9.72. The molecule has 2 N–H and O–H groups in total. The molecule has 3 aliphatic heterocycles. The Balaban J connectivity index is 0.000000301. The van der Waals surface area contributed by atoms with Gasteiger partial charge in [-0.15, -0.1) is 0 Å². The molecule has 16 heteroatoms. The molecule has 0 saturated carbocycles. The van der Waals surface area contributed by atoms with Crippen LogP contribution in [-0.2, 0) is 30.5 Å². The van der Waals surface area contributed by atoms with Crippen molar-refractivity contribution in [2.24, 2.45) is 11.8 Å². The summed E-state index contributed by atoms with van der Waals surface area (Å²) in [5, 5.41) is 15.8. The first-order valence-corrected chi connectivity index (χ1v) is 11.5. The molecule has 0 unspecified atom stereocenters. The van der Waals surface area contributed by atoms with E-state index in [1.807, 2.05) is 18.3 Å². The number of likely N-dealkylation sites (tertiary alicyclic amines) is 1. The molecule has 0 aliphatic carbocycles. The second-order valence-electron chi connectivity index (χ2n) is 8.55. The monoisotopic (exact) mass is 559 g/mol. The number of hydrogen-bond donors (Lipinski definition) is 2. The molecule has 3 fully saturated rings. The lowest BCUT2D eigenvalue weighted by Gasteiger charge is -2.45. The predicted molar refractivity (Wildman–Crippen MR) is 115 cm³/mol. The van der Waals surface area contributed by atoms with E-state index < -0.39 is 24.3 Å². The first-order valence-electron chi connectivity index (χ1n) is 11.5. The summed E-state index contributed by atoms with van der Waals surface area (Å²) in [6.07, 6.45) is -5.40. The van der Waals surface area contributed by atoms with E-state index in [2.05, 4.69) is 16.0 Å². The molecule has 3 atom stereocenters. The molecule has 0 radical (unpaired) electrons. The Hall–Kier alpha value is -2.98. The summed E-state index contributed by atoms with van der Waals surface area (Å²) in [5.74, 6) is -5.08. The first-order chi connectivity index (χ1) is 17.7. The molecule has 3 aliphatic rings. The van der Waals surface area contributed by atoms with E-state index in [4.69, 9.17) is 29.4 Å². The lowest BCUT2D eigenvalue weighted by molar-refractivity contribution is -0.193. The number of nitrogens with zero attached hydrogens (tertiary/aromatic N) is 3. The maximum absolute atomic E-state index is 12.8. The highest BCUT2D eigenvalue weighted by Crippen LogP contribution is 2.35. The Morgan fingerprint density at radius 2 is 1.61 bits per heavy atom. The van der Waals surface area contributed by atoms with E-state index in [-0.39, 0.29) is 23.8 Å². The van der Waals surface area contributed by atoms with Gasteiger partial charge in [0.15, 0.2) is 0 Å². The average Bonchev–Trinajstić information content (AvgIpc) is 3.39. The highest BCUT2D eigenvalue weighted by Gasteiger charge is 2.44. The fraction of sp³-hybridized carbons (Fsp3) is 0.636. The standard InChI is InChI=1S/C18H25N3O3.2C2HF3O2/c22-18(21-8-3-10-24-21)15-6-11-23-17-5-9-20(13-16(15)17)12-14-4-1-2-7-19-14;2*3-2(4,5)1(6)7/h1-2,4,7,15-17H,3,5-6,8-13H2;2*(H,6,7)/t15-,16+,17-;;/m1../s1. The van der Waals surface area contributed by atoms with Crippen LogP contribution in [0.15, 0.2) is 24.4 Å². The van der Waals surface area contributed by atoms with Gasteiger partial charge < -0.3 is 14.9 Å². The number of carbonyl (C=O) groups is 3. The van der Waals surface area contributed by atoms with Gasteiger partial charge in [-0.25, -0.2) is 14.7 Å². The van der Waals surface area contributed by atoms with Gasteiger partial charge in [-0.2, -0.15) is 26.3 Å². The predicted octanol–water partition coefficient (Wildman–Crippen LogP) is 2.74. The minimum atomic E-state index is -5.08. The lowest BCUT2D eigenvalue weighted by atomic mass is 9.79. The molecule has 1 amide bonds. The quantitative estimate of drug-likeness (QED) is 0.537. The van der Waals surface area contributed by atoms with Crippen LogP contribution in [0.25, 0.3) is 0 Å². The van der Waals surface area contributed by atoms with Crippen molar-refractivity contribution in [3.8, 4) is 0 Å². The van der Waals surface area contributed by atoms with Crippen LogP contribution in [0.4, 0.5) is 26.3 Å². The van der Waals surface area contributed by atoms with Gasteiger partial charge in [0, 0.05) is 44.3 Å². The number of halogens is 6. The van der Waals surface area contributed by atoms with Crippen LogP contribution in [-0.4, -0.2) is 94.3 Å². The van der Waals surface area contributed by atoms with Crippen molar-refractivity contribution < 1.29 is 60.5 Å². The van der Waals surface area contributed by atoms with Gasteiger partial charge in [-0.1, -0.05) is 6.07 Å². The Bertz CT molecular complexity index is 902. The van der Waals surface area contributed by atoms with Crippen molar-refractivity contribution in [1.29, 1.82) is 0 Å². The van der Waals surface area contributed by atoms with Gasteiger partial charge in [-0.05, 0) is 31.4 Å². The van der Waals surface area contributed by atoms with Crippen molar-refractivity contribution in [3.63, 3.8) is 0 Å². The van der Waals surface area contributed by atoms with E-state index in [1.165, 1.54) is 0 Å². The fourth-order valence-corrected chi connectivity index (χ4v) is 4.16. The van der Waals surface area contributed by atoms with Crippen LogP contribution in [0.2, 0.25) is 0 Å². The van der Waals surface area contributed by atoms with Gasteiger partial charge >= 0.3 is 24.3 Å². The topological polar surface area (TPSA) is 129 Å². The SMILES string of the molecule is O=C(O)C(F)(F)F.O=C(O)C(F)(F)F.O=C([C@@H]1CCO[C@@H]2CCN(Cc3ccccn3)C[C@H]21)N1CCCO1. The Morgan fingerprint density at radius 3 is 2.11 bits per heavy atom. The highest BCUT2D eigenvalue weighted by molar-refractivity contribution is 5.78. The third-order valence-corrected chi connectivity index (χ3v) is 5.87. The van der Waals surface area contributed by atoms with Gasteiger partial charge in [0.05, 0.1) is 24.9 Å². The van der Waals surface area contributed by atoms with Gasteiger partial charge in [-0.3, -0.25) is 19.5 Å². The van der Waals surface area contributed by atoms with E-state index >= 15 is 0 Å². The summed E-state index contributed by atoms with van der Waals surface area (Å²) >= 11 is 0. The van der Waals surface area contributed by atoms with Crippen LogP contribution in [0.5, 0.6) is 0 Å². The maximum Gasteiger partial charge on any atom is 0.490 e. The number of rotatable bonds is 3. The van der Waals surface area contributed by atoms with Crippen LogP contribution in [0, 0.1) is 11.8 Å². The summed E-state index contributed by atoms with van der Waals surface area (Å²) in [6.45, 7) is 4.81. The normalized spacial score (nSPS) is 23.7. The maximum atomic E-state index is 12.8. The highest BCUT2D eigenvalue weighted by atomic mass is 19.4. The Morgan fingerprint density at radius 1 is 0.974 bits per heavy atom. The number of carboxylic acid groups (broad SMARTS) is 2. The summed E-state index contributed by atoms with van der Waals surface area (Å²) in [7, 11) is 0. The molecule has 1 aromatic rings. The number of hydrogen-bond acceptors (Lipinski definition) is 7. The second kappa shape index (κ2) is 13.7. The van der Waals surface area contributed by atoms with Crippen molar-refractivity contribution in [2.75, 3.05) is 32.8 Å². The molecule has 4 rings (SSSR count). The van der Waals surface area contributed by atoms with E-state index in [0.717, 1.165) is 51.1 Å². The van der Waals surface area contributed by atoms with Crippen LogP contribution < -0.4 is 0 Å². The third-order valence-electron chi connectivity index (χ3n) is 5.87. The zero-order chi connectivity index (χ0) is 28.5. The number of ether oxygens (including phenoxy) is 1. The van der Waals surface area contributed by atoms with Crippen molar-refractivity contribution in [1.82, 2.24) is 14.9 Å². The van der Waals surface area contributed by atoms with E-state index in [0.29, 0.717) is 13.2 Å². The number of amides is 1. The summed E-state index contributed by atoms with van der Waals surface area (Å²) in [5.41, 5.74) is 1.08. The lowest BCUT2D eigenvalue weighted by Crippen LogP contribution is -2.53.